The Kier molecular flexibility index (Phi) is 6.97. The van der Waals surface area contributed by atoms with Crippen molar-refractivity contribution < 1.29 is 22.7 Å². The average molecular weight is 548 g/mol. The first kappa shape index (κ1) is 25.6. The third-order valence-corrected chi connectivity index (χ3v) is 9.26. The highest BCUT2D eigenvalue weighted by Crippen LogP contribution is 2.34. The van der Waals surface area contributed by atoms with E-state index in [4.69, 9.17) is 15.9 Å². The monoisotopic (exact) mass is 547 g/mol. The highest BCUT2D eigenvalue weighted by atomic mass is 32.2. The molecule has 0 atom stereocenters. The summed E-state index contributed by atoms with van der Waals surface area (Å²) in [6.07, 6.45) is 7.17. The fourth-order valence-corrected chi connectivity index (χ4v) is 7.10. The molecule has 0 unspecified atom stereocenters. The lowest BCUT2D eigenvalue weighted by molar-refractivity contribution is 0.0998. The van der Waals surface area contributed by atoms with Crippen molar-refractivity contribution in [2.75, 3.05) is 25.1 Å². The number of rotatable bonds is 6. The van der Waals surface area contributed by atoms with Crippen LogP contribution in [0.4, 0.5) is 5.69 Å². The molecule has 1 aliphatic rings. The Morgan fingerprint density at radius 2 is 1.79 bits per heavy atom. The van der Waals surface area contributed by atoms with E-state index >= 15 is 0 Å². The van der Waals surface area contributed by atoms with Crippen LogP contribution in [0, 0.1) is 12.3 Å². The van der Waals surface area contributed by atoms with Gasteiger partial charge in [0.25, 0.3) is 15.9 Å². The fourth-order valence-electron chi connectivity index (χ4n) is 4.52. The molecule has 0 fully saturated rings. The highest BCUT2D eigenvalue weighted by Gasteiger charge is 2.29. The number of thiazole rings is 1. The van der Waals surface area contributed by atoms with Crippen molar-refractivity contribution in [2.24, 2.45) is 4.99 Å². The van der Waals surface area contributed by atoms with Crippen molar-refractivity contribution >= 4 is 43.2 Å². The maximum Gasteiger partial charge on any atom is 0.279 e. The molecule has 4 aromatic rings. The molecule has 10 heteroatoms. The topological polar surface area (TPSA) is 90.2 Å². The molecule has 194 valence electrons. The van der Waals surface area contributed by atoms with Crippen molar-refractivity contribution in [3.63, 3.8) is 0 Å². The van der Waals surface area contributed by atoms with Gasteiger partial charge in [0, 0.05) is 24.2 Å². The number of benzene rings is 3. The van der Waals surface area contributed by atoms with Crippen LogP contribution in [0.3, 0.4) is 0 Å². The molecule has 5 rings (SSSR count). The number of terminal acetylenes is 1. The van der Waals surface area contributed by atoms with Gasteiger partial charge in [-0.05, 0) is 48.7 Å². The molecule has 0 N–H and O–H groups in total. The summed E-state index contributed by atoms with van der Waals surface area (Å²) in [5.74, 6) is 3.19. The Morgan fingerprint density at radius 1 is 1.08 bits per heavy atom. The summed E-state index contributed by atoms with van der Waals surface area (Å²) in [7, 11) is -0.681. The number of anilines is 1. The van der Waals surface area contributed by atoms with E-state index in [1.54, 1.807) is 24.9 Å². The molecule has 0 saturated carbocycles. The van der Waals surface area contributed by atoms with Gasteiger partial charge in [0.15, 0.2) is 16.3 Å². The first-order valence-electron chi connectivity index (χ1n) is 11.9. The first-order valence-corrected chi connectivity index (χ1v) is 14.1. The van der Waals surface area contributed by atoms with Gasteiger partial charge in [-0.15, -0.1) is 6.42 Å². The molecule has 0 bridgehead atoms. The number of ether oxygens (including phenoxy) is 2. The molecule has 0 aliphatic carbocycles. The zero-order valence-corrected chi connectivity index (χ0v) is 22.5. The van der Waals surface area contributed by atoms with Gasteiger partial charge in [-0.1, -0.05) is 35.5 Å². The van der Waals surface area contributed by atoms with Crippen LogP contribution >= 0.6 is 11.3 Å². The molecular formula is C28H25N3O5S2. The van der Waals surface area contributed by atoms with E-state index in [2.05, 4.69) is 10.9 Å². The van der Waals surface area contributed by atoms with Crippen LogP contribution in [-0.4, -0.2) is 39.7 Å². The van der Waals surface area contributed by atoms with Crippen LogP contribution < -0.4 is 18.6 Å². The molecule has 0 radical (unpaired) electrons. The van der Waals surface area contributed by atoms with Crippen molar-refractivity contribution in [3.8, 4) is 23.8 Å². The Hall–Kier alpha value is -4.07. The number of methoxy groups -OCH3 is 2. The van der Waals surface area contributed by atoms with Crippen LogP contribution in [0.25, 0.3) is 10.2 Å². The lowest BCUT2D eigenvalue weighted by atomic mass is 10.0. The molecule has 2 heterocycles. The number of hydrogen-bond donors (Lipinski definition) is 0. The predicted molar refractivity (Wildman–Crippen MR) is 147 cm³/mol. The van der Waals surface area contributed by atoms with E-state index in [0.717, 1.165) is 28.6 Å². The zero-order chi connectivity index (χ0) is 26.9. The van der Waals surface area contributed by atoms with Crippen molar-refractivity contribution in [1.82, 2.24) is 4.57 Å². The van der Waals surface area contributed by atoms with E-state index < -0.39 is 15.9 Å². The maximum absolute atomic E-state index is 13.4. The van der Waals surface area contributed by atoms with Gasteiger partial charge in [0.2, 0.25) is 0 Å². The second kappa shape index (κ2) is 10.4. The van der Waals surface area contributed by atoms with Gasteiger partial charge in [0.05, 0.1) is 41.6 Å². The van der Waals surface area contributed by atoms with Crippen LogP contribution in [0.1, 0.15) is 22.3 Å². The number of sulfonamides is 1. The second-order valence-corrected chi connectivity index (χ2v) is 11.5. The minimum absolute atomic E-state index is 0.120. The van der Waals surface area contributed by atoms with E-state index in [-0.39, 0.29) is 17.0 Å². The molecule has 3 aromatic carbocycles. The summed E-state index contributed by atoms with van der Waals surface area (Å²) in [4.78, 5) is 17.9. The van der Waals surface area contributed by atoms with E-state index in [0.29, 0.717) is 28.5 Å². The first-order chi connectivity index (χ1) is 18.4. The number of amides is 1. The highest BCUT2D eigenvalue weighted by molar-refractivity contribution is 7.92. The van der Waals surface area contributed by atoms with Gasteiger partial charge in [-0.25, -0.2) is 8.42 Å². The molecule has 1 aromatic heterocycles. The van der Waals surface area contributed by atoms with Crippen LogP contribution in [0.5, 0.6) is 11.5 Å². The Balaban J connectivity index is 1.49. The van der Waals surface area contributed by atoms with Gasteiger partial charge < -0.3 is 14.0 Å². The van der Waals surface area contributed by atoms with E-state index in [1.807, 2.05) is 30.3 Å². The van der Waals surface area contributed by atoms with E-state index in [1.165, 1.54) is 39.9 Å². The fraction of sp³-hybridized carbons (Fsp3) is 0.214. The number of aromatic nitrogens is 1. The standard InChI is InChI=1S/C28H25N3O5S2/c1-4-15-30-23-17-24(35-2)25(36-3)18-26(23)37-28(30)29-27(32)20-11-13-21(14-12-20)38(33,34)31-16-7-9-19-8-5-6-10-22(19)31/h1,5-6,8,10-14,17-18H,7,9,15-16H2,2-3H3. The lowest BCUT2D eigenvalue weighted by Crippen LogP contribution is -2.35. The van der Waals surface area contributed by atoms with Gasteiger partial charge in [-0.2, -0.15) is 4.99 Å². The molecule has 1 aliphatic heterocycles. The number of para-hydroxylation sites is 1. The lowest BCUT2D eigenvalue weighted by Gasteiger charge is -2.30. The third-order valence-electron chi connectivity index (χ3n) is 6.39. The maximum atomic E-state index is 13.4. The number of hydrogen-bond acceptors (Lipinski definition) is 6. The summed E-state index contributed by atoms with van der Waals surface area (Å²) in [5.41, 5.74) is 2.74. The molecule has 1 amide bonds. The van der Waals surface area contributed by atoms with Gasteiger partial charge >= 0.3 is 0 Å². The second-order valence-electron chi connectivity index (χ2n) is 8.60. The smallest absolute Gasteiger partial charge is 0.279 e. The Labute approximate surface area is 224 Å². The summed E-state index contributed by atoms with van der Waals surface area (Å²) in [6, 6.07) is 17.0. The average Bonchev–Trinajstić information content (AvgIpc) is 3.27. The van der Waals surface area contributed by atoms with Crippen molar-refractivity contribution in [3.05, 3.63) is 76.6 Å². The van der Waals surface area contributed by atoms with E-state index in [9.17, 15) is 13.2 Å². The summed E-state index contributed by atoms with van der Waals surface area (Å²) in [5, 5.41) is 0. The minimum atomic E-state index is -3.78. The summed E-state index contributed by atoms with van der Waals surface area (Å²) < 4.78 is 41.7. The number of nitrogens with zero attached hydrogens (tertiary/aromatic N) is 3. The number of fused-ring (bicyclic) bond motifs is 2. The van der Waals surface area contributed by atoms with Gasteiger partial charge in [0.1, 0.15) is 0 Å². The van der Waals surface area contributed by atoms with Gasteiger partial charge in [-0.3, -0.25) is 9.10 Å². The minimum Gasteiger partial charge on any atom is -0.493 e. The number of carbonyl (C=O) groups is 1. The normalized spacial score (nSPS) is 13.7. The van der Waals surface area contributed by atoms with Crippen molar-refractivity contribution in [1.29, 1.82) is 0 Å². The quantitative estimate of drug-likeness (QED) is 0.337. The largest absolute Gasteiger partial charge is 0.493 e. The Morgan fingerprint density at radius 3 is 2.50 bits per heavy atom. The molecular weight excluding hydrogens is 522 g/mol. The molecule has 8 nitrogen and oxygen atoms in total. The third kappa shape index (κ3) is 4.55. The van der Waals surface area contributed by atoms with Crippen LogP contribution in [0.2, 0.25) is 0 Å². The zero-order valence-electron chi connectivity index (χ0n) is 20.9. The summed E-state index contributed by atoms with van der Waals surface area (Å²) >= 11 is 1.30. The Bertz CT molecular complexity index is 1750. The van der Waals surface area contributed by atoms with Crippen LogP contribution in [-0.2, 0) is 23.0 Å². The summed E-state index contributed by atoms with van der Waals surface area (Å²) in [6.45, 7) is 0.613. The number of carbonyl (C=O) groups excluding carboxylic acids is 1. The molecule has 0 spiro atoms. The SMILES string of the molecule is C#CCn1c(=NC(=O)c2ccc(S(=O)(=O)N3CCCc4ccccc43)cc2)sc2cc(OC)c(OC)cc21. The molecule has 38 heavy (non-hydrogen) atoms. The molecule has 0 saturated heterocycles. The van der Waals surface area contributed by atoms with Crippen LogP contribution in [0.15, 0.2) is 70.6 Å². The predicted octanol–water partition coefficient (Wildman–Crippen LogP) is 4.24. The van der Waals surface area contributed by atoms with Crippen molar-refractivity contribution in [2.45, 2.75) is 24.3 Å². The number of aryl methyl sites for hydroxylation is 1.